The van der Waals surface area contributed by atoms with Crippen LogP contribution in [0.1, 0.15) is 19.4 Å². The van der Waals surface area contributed by atoms with Crippen molar-refractivity contribution in [2.45, 2.75) is 25.4 Å². The number of hydrogen-bond donors (Lipinski definition) is 1. The van der Waals surface area contributed by atoms with Gasteiger partial charge in [-0.2, -0.15) is 8.78 Å². The number of nitro groups is 1. The number of nitro benzene ring substituents is 1. The van der Waals surface area contributed by atoms with Gasteiger partial charge >= 0.3 is 12.1 Å². The number of alkyl halides is 2. The fourth-order valence-corrected chi connectivity index (χ4v) is 1.42. The number of rotatable bonds is 4. The van der Waals surface area contributed by atoms with Crippen LogP contribution in [0.5, 0.6) is 0 Å². The highest BCUT2D eigenvalue weighted by atomic mass is 19.3. The van der Waals surface area contributed by atoms with E-state index < -0.39 is 28.2 Å². The number of non-ortho nitro benzene ring substituents is 1. The van der Waals surface area contributed by atoms with Gasteiger partial charge < -0.3 is 9.84 Å². The monoisotopic (exact) mass is 275 g/mol. The molecule has 0 spiro atoms. The van der Waals surface area contributed by atoms with E-state index in [0.29, 0.717) is 0 Å². The summed E-state index contributed by atoms with van der Waals surface area (Å²) in [5, 5.41) is 18.9. The summed E-state index contributed by atoms with van der Waals surface area (Å²) in [4.78, 5) is 20.1. The van der Waals surface area contributed by atoms with E-state index in [4.69, 9.17) is 5.11 Å². The van der Waals surface area contributed by atoms with Crippen molar-refractivity contribution in [2.24, 2.45) is 0 Å². The molecular weight excluding hydrogens is 264 g/mol. The van der Waals surface area contributed by atoms with Crippen LogP contribution in [0.3, 0.4) is 0 Å². The van der Waals surface area contributed by atoms with Gasteiger partial charge in [0, 0.05) is 17.7 Å². The van der Waals surface area contributed by atoms with E-state index in [-0.39, 0.29) is 5.69 Å². The third-order valence-electron chi connectivity index (χ3n) is 2.54. The summed E-state index contributed by atoms with van der Waals surface area (Å²) >= 11 is 0. The number of carbonyl (C=O) groups is 1. The molecule has 8 heteroatoms. The van der Waals surface area contributed by atoms with Gasteiger partial charge in [-0.05, 0) is 26.0 Å². The molecule has 0 unspecified atom stereocenters. The molecular formula is C11H11F2NO5. The zero-order chi connectivity index (χ0) is 14.8. The van der Waals surface area contributed by atoms with Gasteiger partial charge in [0.05, 0.1) is 4.92 Å². The molecule has 0 saturated heterocycles. The quantitative estimate of drug-likeness (QED) is 0.518. The van der Waals surface area contributed by atoms with Gasteiger partial charge in [0.1, 0.15) is 0 Å². The Morgan fingerprint density at radius 1 is 1.32 bits per heavy atom. The van der Waals surface area contributed by atoms with E-state index in [2.05, 4.69) is 4.74 Å². The van der Waals surface area contributed by atoms with Crippen molar-refractivity contribution in [3.05, 3.63) is 39.9 Å². The molecule has 104 valence electrons. The number of halogens is 2. The predicted molar refractivity (Wildman–Crippen MR) is 60.2 cm³/mol. The number of hydrogen-bond acceptors (Lipinski definition) is 4. The van der Waals surface area contributed by atoms with Crippen LogP contribution in [0, 0.1) is 10.1 Å². The Morgan fingerprint density at radius 3 is 2.16 bits per heavy atom. The summed E-state index contributed by atoms with van der Waals surface area (Å²) in [6.07, 6.45) is -1.83. The summed E-state index contributed by atoms with van der Waals surface area (Å²) in [7, 11) is 0. The molecule has 0 aliphatic carbocycles. The minimum Gasteiger partial charge on any atom is -0.450 e. The summed E-state index contributed by atoms with van der Waals surface area (Å²) in [6.45, 7) is 1.84. The first-order valence-electron chi connectivity index (χ1n) is 5.12. The van der Waals surface area contributed by atoms with E-state index in [1.54, 1.807) is 0 Å². The normalized spacial score (nSPS) is 12.0. The Kier molecular flexibility index (Phi) is 3.73. The second-order valence-corrected chi connectivity index (χ2v) is 4.26. The second kappa shape index (κ2) is 4.79. The largest absolute Gasteiger partial charge is 0.506 e. The summed E-state index contributed by atoms with van der Waals surface area (Å²) in [6, 6.07) is 3.57. The number of ether oxygens (including phenoxy) is 1. The molecule has 0 heterocycles. The summed E-state index contributed by atoms with van der Waals surface area (Å²) in [5.74, 6) is -3.62. The Bertz CT molecular complexity index is 498. The van der Waals surface area contributed by atoms with Crippen molar-refractivity contribution in [1.29, 1.82) is 0 Å². The first-order chi connectivity index (χ1) is 8.58. The molecule has 1 rings (SSSR count). The van der Waals surface area contributed by atoms with Crippen LogP contribution in [0.25, 0.3) is 0 Å². The fourth-order valence-electron chi connectivity index (χ4n) is 1.42. The van der Waals surface area contributed by atoms with E-state index in [1.165, 1.54) is 0 Å². The molecule has 1 N–H and O–H groups in total. The van der Waals surface area contributed by atoms with Gasteiger partial charge in [0.2, 0.25) is 0 Å². The highest BCUT2D eigenvalue weighted by Crippen LogP contribution is 2.41. The van der Waals surface area contributed by atoms with Crippen LogP contribution in [0.4, 0.5) is 19.3 Å². The standard InChI is InChI=1S/C11H11F2NO5/c1-10(2,19-9(15)16)11(12,13)7-3-5-8(6-4-7)14(17)18/h3-6H,1-2H3,(H,15,16). The molecule has 6 nitrogen and oxygen atoms in total. The van der Waals surface area contributed by atoms with Gasteiger partial charge in [-0.25, -0.2) is 4.79 Å². The van der Waals surface area contributed by atoms with E-state index in [1.807, 2.05) is 0 Å². The molecule has 19 heavy (non-hydrogen) atoms. The fraction of sp³-hybridized carbons (Fsp3) is 0.364. The van der Waals surface area contributed by atoms with Gasteiger partial charge in [-0.1, -0.05) is 0 Å². The topological polar surface area (TPSA) is 89.7 Å². The van der Waals surface area contributed by atoms with Gasteiger partial charge in [0.15, 0.2) is 5.60 Å². The van der Waals surface area contributed by atoms with E-state index in [9.17, 15) is 23.7 Å². The molecule has 1 aromatic carbocycles. The minimum absolute atomic E-state index is 0.337. The molecule has 0 saturated carbocycles. The zero-order valence-corrected chi connectivity index (χ0v) is 10.1. The van der Waals surface area contributed by atoms with Crippen LogP contribution in [0.2, 0.25) is 0 Å². The molecule has 0 amide bonds. The molecule has 0 aliphatic heterocycles. The van der Waals surface area contributed by atoms with Crippen molar-refractivity contribution in [3.8, 4) is 0 Å². The number of benzene rings is 1. The third-order valence-corrected chi connectivity index (χ3v) is 2.54. The SMILES string of the molecule is CC(C)(OC(=O)O)C(F)(F)c1ccc([N+](=O)[O-])cc1. The summed E-state index contributed by atoms with van der Waals surface area (Å²) in [5.41, 5.74) is -3.20. The number of carboxylic acid groups (broad SMARTS) is 1. The van der Waals surface area contributed by atoms with Gasteiger partial charge in [-0.15, -0.1) is 0 Å². The molecule has 0 atom stereocenters. The lowest BCUT2D eigenvalue weighted by molar-refractivity contribution is -0.384. The maximum Gasteiger partial charge on any atom is 0.506 e. The van der Waals surface area contributed by atoms with Crippen LogP contribution < -0.4 is 0 Å². The van der Waals surface area contributed by atoms with Crippen LogP contribution in [-0.2, 0) is 10.7 Å². The smallest absolute Gasteiger partial charge is 0.450 e. The highest BCUT2D eigenvalue weighted by Gasteiger charge is 2.51. The minimum atomic E-state index is -3.62. The molecule has 0 aliphatic rings. The zero-order valence-electron chi connectivity index (χ0n) is 10.1. The first-order valence-corrected chi connectivity index (χ1v) is 5.12. The van der Waals surface area contributed by atoms with Crippen LogP contribution >= 0.6 is 0 Å². The molecule has 0 bridgehead atoms. The Hall–Kier alpha value is -2.25. The molecule has 0 aromatic heterocycles. The van der Waals surface area contributed by atoms with Crippen molar-refractivity contribution in [1.82, 2.24) is 0 Å². The number of nitrogens with zero attached hydrogens (tertiary/aromatic N) is 1. The molecule has 1 aromatic rings. The third kappa shape index (κ3) is 2.95. The lowest BCUT2D eigenvalue weighted by Crippen LogP contribution is -2.44. The van der Waals surface area contributed by atoms with Gasteiger partial charge in [0.25, 0.3) is 5.69 Å². The van der Waals surface area contributed by atoms with Crippen molar-refractivity contribution < 1.29 is 28.3 Å². The Morgan fingerprint density at radius 2 is 1.79 bits per heavy atom. The Balaban J connectivity index is 3.11. The molecule has 0 fully saturated rings. The van der Waals surface area contributed by atoms with Crippen molar-refractivity contribution in [3.63, 3.8) is 0 Å². The van der Waals surface area contributed by atoms with Gasteiger partial charge in [-0.3, -0.25) is 10.1 Å². The average molecular weight is 275 g/mol. The van der Waals surface area contributed by atoms with Crippen LogP contribution in [-0.4, -0.2) is 21.8 Å². The second-order valence-electron chi connectivity index (χ2n) is 4.26. The van der Waals surface area contributed by atoms with Crippen LogP contribution in [0.15, 0.2) is 24.3 Å². The predicted octanol–water partition coefficient (Wildman–Crippen LogP) is 3.16. The maximum absolute atomic E-state index is 14.1. The van der Waals surface area contributed by atoms with Crippen molar-refractivity contribution in [2.75, 3.05) is 0 Å². The average Bonchev–Trinajstić information content (AvgIpc) is 2.27. The van der Waals surface area contributed by atoms with E-state index in [0.717, 1.165) is 38.1 Å². The first kappa shape index (κ1) is 14.8. The Labute approximate surface area is 106 Å². The maximum atomic E-state index is 14.1. The molecule has 0 radical (unpaired) electrons. The van der Waals surface area contributed by atoms with Crippen molar-refractivity contribution >= 4 is 11.8 Å². The lowest BCUT2D eigenvalue weighted by atomic mass is 9.93. The lowest BCUT2D eigenvalue weighted by Gasteiger charge is -2.32. The summed E-state index contributed by atoms with van der Waals surface area (Å²) < 4.78 is 32.3. The van der Waals surface area contributed by atoms with E-state index >= 15 is 0 Å². The highest BCUT2D eigenvalue weighted by molar-refractivity contribution is 5.57.